The van der Waals surface area contributed by atoms with E-state index in [4.69, 9.17) is 9.26 Å². The van der Waals surface area contributed by atoms with Gasteiger partial charge in [-0.1, -0.05) is 5.16 Å². The van der Waals surface area contributed by atoms with Gasteiger partial charge in [0, 0.05) is 13.0 Å². The zero-order valence-electron chi connectivity index (χ0n) is 14.9. The van der Waals surface area contributed by atoms with Crippen LogP contribution >= 0.6 is 0 Å². The van der Waals surface area contributed by atoms with E-state index in [2.05, 4.69) is 15.5 Å². The van der Waals surface area contributed by atoms with Crippen LogP contribution in [0.4, 0.5) is 13.6 Å². The Morgan fingerprint density at radius 3 is 2.68 bits per heavy atom. The van der Waals surface area contributed by atoms with Gasteiger partial charge in [0.15, 0.2) is 0 Å². The summed E-state index contributed by atoms with van der Waals surface area (Å²) in [5, 5.41) is 16.7. The molecule has 0 unspecified atom stereocenters. The van der Waals surface area contributed by atoms with Crippen molar-refractivity contribution in [2.24, 2.45) is 0 Å². The molecule has 1 heterocycles. The summed E-state index contributed by atoms with van der Waals surface area (Å²) in [5.74, 6) is -3.94. The van der Waals surface area contributed by atoms with Crippen LogP contribution < -0.4 is 5.32 Å². The lowest BCUT2D eigenvalue weighted by atomic mass is 9.79. The fourth-order valence-corrected chi connectivity index (χ4v) is 2.88. The van der Waals surface area contributed by atoms with Gasteiger partial charge < -0.3 is 19.7 Å². The van der Waals surface area contributed by atoms with Crippen molar-refractivity contribution in [2.45, 2.75) is 83.0 Å². The lowest BCUT2D eigenvalue weighted by Gasteiger charge is -2.36. The van der Waals surface area contributed by atoms with E-state index in [-0.39, 0.29) is 24.8 Å². The van der Waals surface area contributed by atoms with Crippen LogP contribution in [-0.4, -0.2) is 38.6 Å². The number of carbonyl (C=O) groups excluding carboxylic acids is 1. The largest absolute Gasteiger partial charge is 0.444 e. The summed E-state index contributed by atoms with van der Waals surface area (Å²) < 4.78 is 36.4. The van der Waals surface area contributed by atoms with Crippen LogP contribution in [0.2, 0.25) is 0 Å². The molecular formula is C16H25F2N3O4. The first-order valence-corrected chi connectivity index (χ1v) is 8.29. The molecule has 2 rings (SSSR count). The third-order valence-electron chi connectivity index (χ3n) is 3.88. The maximum atomic E-state index is 13.2. The van der Waals surface area contributed by atoms with E-state index in [1.165, 1.54) is 0 Å². The molecule has 2 N–H and O–H groups in total. The van der Waals surface area contributed by atoms with E-state index in [1.54, 1.807) is 20.8 Å². The number of carbonyl (C=O) groups is 1. The standard InChI is InChI=1S/C16H25F2N3O4/c1-14(2,3)24-13(22)19-10-6-5-7-16(23,8-10)9-11-20-12(21-25-11)15(4,17)18/h10,23H,5-9H2,1-4H3,(H,19,22)/t10-,16-/m0/s1. The average Bonchev–Trinajstić information content (AvgIpc) is 2.83. The van der Waals surface area contributed by atoms with E-state index >= 15 is 0 Å². The first kappa shape index (κ1) is 19.6. The van der Waals surface area contributed by atoms with Gasteiger partial charge in [-0.3, -0.25) is 0 Å². The summed E-state index contributed by atoms with van der Waals surface area (Å²) >= 11 is 0. The van der Waals surface area contributed by atoms with Gasteiger partial charge >= 0.3 is 12.0 Å². The Morgan fingerprint density at radius 2 is 2.12 bits per heavy atom. The summed E-state index contributed by atoms with van der Waals surface area (Å²) in [5.41, 5.74) is -1.81. The van der Waals surface area contributed by atoms with Gasteiger partial charge in [-0.2, -0.15) is 13.8 Å². The van der Waals surface area contributed by atoms with Crippen LogP contribution in [-0.2, 0) is 17.1 Å². The SMILES string of the molecule is CC(C)(C)OC(=O)N[C@H]1CCC[C@@](O)(Cc2nc(C(C)(F)F)no2)C1. The number of hydrogen-bond acceptors (Lipinski definition) is 6. The van der Waals surface area contributed by atoms with Crippen molar-refractivity contribution in [2.75, 3.05) is 0 Å². The number of aromatic nitrogens is 2. The Balaban J connectivity index is 1.96. The van der Waals surface area contributed by atoms with Crippen LogP contribution in [0.25, 0.3) is 0 Å². The quantitative estimate of drug-likeness (QED) is 0.856. The molecule has 0 spiro atoms. The van der Waals surface area contributed by atoms with E-state index in [9.17, 15) is 18.7 Å². The number of aliphatic hydroxyl groups is 1. The summed E-state index contributed by atoms with van der Waals surface area (Å²) in [7, 11) is 0. The number of rotatable bonds is 4. The van der Waals surface area contributed by atoms with E-state index in [1.807, 2.05) is 0 Å². The Bertz CT molecular complexity index is 609. The molecule has 1 aliphatic rings. The molecule has 1 amide bonds. The second-order valence-corrected chi connectivity index (χ2v) is 7.74. The third-order valence-corrected chi connectivity index (χ3v) is 3.88. The van der Waals surface area contributed by atoms with Gasteiger partial charge in [0.05, 0.1) is 12.0 Å². The number of ether oxygens (including phenoxy) is 1. The van der Waals surface area contributed by atoms with Crippen LogP contribution in [0.5, 0.6) is 0 Å². The fraction of sp³-hybridized carbons (Fsp3) is 0.812. The van der Waals surface area contributed by atoms with Crippen LogP contribution in [0.3, 0.4) is 0 Å². The monoisotopic (exact) mass is 361 g/mol. The fourth-order valence-electron chi connectivity index (χ4n) is 2.88. The van der Waals surface area contributed by atoms with E-state index in [0.29, 0.717) is 26.2 Å². The topological polar surface area (TPSA) is 97.5 Å². The molecule has 1 aliphatic carbocycles. The van der Waals surface area contributed by atoms with Crippen molar-refractivity contribution in [3.63, 3.8) is 0 Å². The van der Waals surface area contributed by atoms with Crippen molar-refractivity contribution >= 4 is 6.09 Å². The number of nitrogens with zero attached hydrogens (tertiary/aromatic N) is 2. The zero-order chi connectivity index (χ0) is 18.9. The summed E-state index contributed by atoms with van der Waals surface area (Å²) in [6, 6.07) is -0.274. The number of hydrogen-bond donors (Lipinski definition) is 2. The minimum atomic E-state index is -3.20. The average molecular weight is 361 g/mol. The van der Waals surface area contributed by atoms with Crippen molar-refractivity contribution in [1.82, 2.24) is 15.5 Å². The first-order valence-electron chi connectivity index (χ1n) is 8.29. The van der Waals surface area contributed by atoms with Crippen molar-refractivity contribution in [1.29, 1.82) is 0 Å². The molecule has 1 aromatic rings. The number of nitrogens with one attached hydrogen (secondary N) is 1. The molecule has 25 heavy (non-hydrogen) atoms. The van der Waals surface area contributed by atoms with Gasteiger partial charge in [-0.15, -0.1) is 0 Å². The minimum Gasteiger partial charge on any atom is -0.444 e. The van der Waals surface area contributed by atoms with Crippen LogP contribution in [0.15, 0.2) is 4.52 Å². The predicted molar refractivity (Wildman–Crippen MR) is 84.1 cm³/mol. The molecular weight excluding hydrogens is 336 g/mol. The second-order valence-electron chi connectivity index (χ2n) is 7.74. The smallest absolute Gasteiger partial charge is 0.407 e. The number of halogens is 2. The normalized spacial score (nSPS) is 24.8. The highest BCUT2D eigenvalue weighted by Crippen LogP contribution is 2.32. The van der Waals surface area contributed by atoms with Gasteiger partial charge in [-0.25, -0.2) is 4.79 Å². The number of amides is 1. The zero-order valence-corrected chi connectivity index (χ0v) is 14.9. The maximum Gasteiger partial charge on any atom is 0.407 e. The van der Waals surface area contributed by atoms with Gasteiger partial charge in [-0.05, 0) is 46.5 Å². The molecule has 0 bridgehead atoms. The Kier molecular flexibility index (Phi) is 5.36. The summed E-state index contributed by atoms with van der Waals surface area (Å²) in [4.78, 5) is 15.5. The molecule has 9 heteroatoms. The predicted octanol–water partition coefficient (Wildman–Crippen LogP) is 2.92. The Morgan fingerprint density at radius 1 is 1.44 bits per heavy atom. The molecule has 0 aromatic carbocycles. The molecule has 0 radical (unpaired) electrons. The lowest BCUT2D eigenvalue weighted by Crippen LogP contribution is -2.48. The minimum absolute atomic E-state index is 0.0391. The summed E-state index contributed by atoms with van der Waals surface area (Å²) in [6.45, 7) is 5.97. The van der Waals surface area contributed by atoms with Crippen LogP contribution in [0, 0.1) is 0 Å². The molecule has 0 saturated heterocycles. The molecule has 0 aliphatic heterocycles. The maximum absolute atomic E-state index is 13.2. The van der Waals surface area contributed by atoms with Gasteiger partial charge in [0.1, 0.15) is 5.60 Å². The summed E-state index contributed by atoms with van der Waals surface area (Å²) in [6.07, 6.45) is 1.49. The molecule has 1 fully saturated rings. The number of alkyl carbamates (subject to hydrolysis) is 1. The second kappa shape index (κ2) is 6.86. The highest BCUT2D eigenvalue weighted by atomic mass is 19.3. The first-order chi connectivity index (χ1) is 11.4. The molecule has 7 nitrogen and oxygen atoms in total. The third kappa shape index (κ3) is 5.91. The van der Waals surface area contributed by atoms with Crippen molar-refractivity contribution in [3.05, 3.63) is 11.7 Å². The van der Waals surface area contributed by atoms with Gasteiger partial charge in [0.2, 0.25) is 11.7 Å². The highest BCUT2D eigenvalue weighted by molar-refractivity contribution is 5.68. The Hall–Kier alpha value is -1.77. The number of alkyl halides is 2. The van der Waals surface area contributed by atoms with Gasteiger partial charge in [0.25, 0.3) is 0 Å². The lowest BCUT2D eigenvalue weighted by molar-refractivity contribution is -0.0149. The molecule has 1 saturated carbocycles. The van der Waals surface area contributed by atoms with E-state index < -0.39 is 29.0 Å². The van der Waals surface area contributed by atoms with Crippen molar-refractivity contribution in [3.8, 4) is 0 Å². The van der Waals surface area contributed by atoms with E-state index in [0.717, 1.165) is 0 Å². The molecule has 2 atom stereocenters. The molecule has 1 aromatic heterocycles. The Labute approximate surface area is 145 Å². The van der Waals surface area contributed by atoms with Crippen molar-refractivity contribution < 1.29 is 27.9 Å². The molecule has 142 valence electrons. The van der Waals surface area contributed by atoms with Crippen LogP contribution in [0.1, 0.15) is 65.1 Å². The highest BCUT2D eigenvalue weighted by Gasteiger charge is 2.38.